The van der Waals surface area contributed by atoms with Crippen LogP contribution in [0.25, 0.3) is 22.0 Å². The van der Waals surface area contributed by atoms with E-state index in [-0.39, 0.29) is 5.41 Å². The molecule has 1 saturated carbocycles. The summed E-state index contributed by atoms with van der Waals surface area (Å²) >= 11 is 0. The largest absolute Gasteiger partial charge is 0.465 e. The molecule has 0 unspecified atom stereocenters. The van der Waals surface area contributed by atoms with E-state index in [4.69, 9.17) is 4.42 Å². The lowest BCUT2D eigenvalue weighted by Gasteiger charge is -2.35. The second-order valence-corrected chi connectivity index (χ2v) is 7.59. The molecule has 4 nitrogen and oxygen atoms in total. The Labute approximate surface area is 139 Å². The average Bonchev–Trinajstić information content (AvgIpc) is 3.35. The molecule has 3 atom stereocenters. The molecule has 0 radical (unpaired) electrons. The van der Waals surface area contributed by atoms with Crippen LogP contribution in [-0.4, -0.2) is 21.4 Å². The van der Waals surface area contributed by atoms with Crippen LogP contribution in [0, 0.1) is 11.3 Å². The van der Waals surface area contributed by atoms with Crippen molar-refractivity contribution in [2.75, 3.05) is 0 Å². The summed E-state index contributed by atoms with van der Waals surface area (Å²) in [5, 5.41) is 19.6. The van der Waals surface area contributed by atoms with Gasteiger partial charge in [0.2, 0.25) is 0 Å². The van der Waals surface area contributed by atoms with Crippen molar-refractivity contribution in [2.45, 2.75) is 31.8 Å². The van der Waals surface area contributed by atoms with Crippen LogP contribution in [0.3, 0.4) is 0 Å². The number of furan rings is 1. The number of aromatic amines is 1. The molecule has 0 aliphatic heterocycles. The number of H-pyrrole nitrogens is 1. The van der Waals surface area contributed by atoms with Gasteiger partial charge in [0, 0.05) is 16.4 Å². The van der Waals surface area contributed by atoms with Crippen LogP contribution in [0.4, 0.5) is 0 Å². The second kappa shape index (κ2) is 4.19. The minimum absolute atomic E-state index is 0.167. The smallest absolute Gasteiger partial charge is 0.132 e. The summed E-state index contributed by atoms with van der Waals surface area (Å²) in [5.41, 5.74) is 6.29. The van der Waals surface area contributed by atoms with E-state index >= 15 is 0 Å². The SMILES string of the molecule is O[C@H]1C(c2ccco2)=C2c3ccc4[nH]ncc4c3C[C@@]23CC[C@H]1C3. The predicted octanol–water partition coefficient (Wildman–Crippen LogP) is 3.78. The van der Waals surface area contributed by atoms with Gasteiger partial charge in [-0.3, -0.25) is 5.10 Å². The van der Waals surface area contributed by atoms with Gasteiger partial charge in [0.1, 0.15) is 5.76 Å². The Morgan fingerprint density at radius 3 is 3.12 bits per heavy atom. The van der Waals surface area contributed by atoms with Crippen molar-refractivity contribution in [3.8, 4) is 0 Å². The molecular weight excluding hydrogens is 300 g/mol. The number of benzene rings is 1. The van der Waals surface area contributed by atoms with Crippen molar-refractivity contribution in [3.05, 3.63) is 53.6 Å². The molecule has 1 aromatic carbocycles. The highest BCUT2D eigenvalue weighted by molar-refractivity contribution is 6.02. The van der Waals surface area contributed by atoms with E-state index in [2.05, 4.69) is 22.3 Å². The zero-order chi connectivity index (χ0) is 15.9. The van der Waals surface area contributed by atoms with Gasteiger partial charge in [-0.2, -0.15) is 5.10 Å². The van der Waals surface area contributed by atoms with Crippen molar-refractivity contribution in [3.63, 3.8) is 0 Å². The molecule has 2 N–H and O–H groups in total. The van der Waals surface area contributed by atoms with E-state index in [0.29, 0.717) is 5.92 Å². The number of nitrogens with zero attached hydrogens (tertiary/aromatic N) is 1. The van der Waals surface area contributed by atoms with Gasteiger partial charge in [0.25, 0.3) is 0 Å². The Morgan fingerprint density at radius 2 is 2.25 bits per heavy atom. The minimum Gasteiger partial charge on any atom is -0.465 e. The molecule has 1 fully saturated rings. The van der Waals surface area contributed by atoms with Crippen LogP contribution in [0.5, 0.6) is 0 Å². The normalized spacial score (nSPS) is 30.9. The maximum atomic E-state index is 11.0. The lowest BCUT2D eigenvalue weighted by Crippen LogP contribution is -2.30. The van der Waals surface area contributed by atoms with Crippen LogP contribution >= 0.6 is 0 Å². The summed E-state index contributed by atoms with van der Waals surface area (Å²) in [7, 11) is 0. The summed E-state index contributed by atoms with van der Waals surface area (Å²) < 4.78 is 5.72. The molecule has 24 heavy (non-hydrogen) atoms. The number of aliphatic hydroxyl groups is 1. The highest BCUT2D eigenvalue weighted by Gasteiger charge is 2.55. The monoisotopic (exact) mass is 318 g/mol. The Morgan fingerprint density at radius 1 is 1.29 bits per heavy atom. The Hall–Kier alpha value is -2.33. The molecule has 0 amide bonds. The molecule has 120 valence electrons. The van der Waals surface area contributed by atoms with Gasteiger partial charge >= 0.3 is 0 Å². The Kier molecular flexibility index (Phi) is 2.27. The molecule has 6 rings (SSSR count). The number of allylic oxidation sites excluding steroid dienone is 1. The molecule has 3 aliphatic rings. The van der Waals surface area contributed by atoms with Crippen molar-refractivity contribution in [2.24, 2.45) is 11.3 Å². The van der Waals surface area contributed by atoms with Gasteiger partial charge in [-0.05, 0) is 66.5 Å². The molecule has 3 aromatic rings. The van der Waals surface area contributed by atoms with E-state index in [0.717, 1.165) is 42.5 Å². The Balaban J connectivity index is 1.72. The molecule has 0 saturated heterocycles. The maximum absolute atomic E-state index is 11.0. The number of fused-ring (bicyclic) bond motifs is 5. The quantitative estimate of drug-likeness (QED) is 0.717. The zero-order valence-electron chi connectivity index (χ0n) is 13.2. The lowest BCUT2D eigenvalue weighted by atomic mass is 9.70. The number of aliphatic hydroxyl groups excluding tert-OH is 1. The van der Waals surface area contributed by atoms with Gasteiger partial charge in [-0.25, -0.2) is 0 Å². The van der Waals surface area contributed by atoms with Crippen LogP contribution < -0.4 is 0 Å². The number of aromatic nitrogens is 2. The van der Waals surface area contributed by atoms with Gasteiger partial charge in [-0.1, -0.05) is 6.07 Å². The third-order valence-corrected chi connectivity index (χ3v) is 6.50. The van der Waals surface area contributed by atoms with E-state index in [1.54, 1.807) is 6.26 Å². The number of hydrogen-bond acceptors (Lipinski definition) is 3. The van der Waals surface area contributed by atoms with Crippen molar-refractivity contribution >= 4 is 22.0 Å². The standard InChI is InChI=1S/C20H18N2O2/c23-19-11-5-6-20(8-11)9-13-12(3-4-15-14(13)10-21-22-15)18(20)17(19)16-2-1-7-24-16/h1-4,7,10-11,19,23H,5-6,8-9H2,(H,21,22)/t11-,19+,20-/m0/s1. The first-order valence-electron chi connectivity index (χ1n) is 8.69. The molecule has 4 heteroatoms. The second-order valence-electron chi connectivity index (χ2n) is 7.59. The van der Waals surface area contributed by atoms with E-state index in [1.807, 2.05) is 18.3 Å². The number of nitrogens with one attached hydrogen (secondary N) is 1. The fourth-order valence-corrected chi connectivity index (χ4v) is 5.55. The first kappa shape index (κ1) is 13.0. The van der Waals surface area contributed by atoms with Crippen LogP contribution in [-0.2, 0) is 6.42 Å². The topological polar surface area (TPSA) is 62.1 Å². The van der Waals surface area contributed by atoms with Gasteiger partial charge in [0.05, 0.1) is 24.1 Å². The third kappa shape index (κ3) is 1.41. The predicted molar refractivity (Wildman–Crippen MR) is 91.1 cm³/mol. The number of rotatable bonds is 1. The summed E-state index contributed by atoms with van der Waals surface area (Å²) in [6.07, 6.45) is 7.61. The lowest BCUT2D eigenvalue weighted by molar-refractivity contribution is 0.150. The van der Waals surface area contributed by atoms with Crippen molar-refractivity contribution in [1.29, 1.82) is 0 Å². The van der Waals surface area contributed by atoms with E-state index in [9.17, 15) is 5.11 Å². The highest BCUT2D eigenvalue weighted by atomic mass is 16.3. The van der Waals surface area contributed by atoms with Crippen molar-refractivity contribution < 1.29 is 9.52 Å². The van der Waals surface area contributed by atoms with Crippen molar-refractivity contribution in [1.82, 2.24) is 10.2 Å². The molecule has 2 aromatic heterocycles. The molecule has 2 heterocycles. The molecule has 3 aliphatic carbocycles. The first-order chi connectivity index (χ1) is 11.8. The van der Waals surface area contributed by atoms with Gasteiger partial charge in [-0.15, -0.1) is 0 Å². The molecule has 2 bridgehead atoms. The third-order valence-electron chi connectivity index (χ3n) is 6.50. The van der Waals surface area contributed by atoms with Crippen LogP contribution in [0.2, 0.25) is 0 Å². The molecule has 1 spiro atoms. The van der Waals surface area contributed by atoms with Gasteiger partial charge < -0.3 is 9.52 Å². The average molecular weight is 318 g/mol. The van der Waals surface area contributed by atoms with Gasteiger partial charge in [0.15, 0.2) is 0 Å². The number of hydrogen-bond donors (Lipinski definition) is 2. The fraction of sp³-hybridized carbons (Fsp3) is 0.350. The van der Waals surface area contributed by atoms with Crippen LogP contribution in [0.15, 0.2) is 41.1 Å². The highest BCUT2D eigenvalue weighted by Crippen LogP contribution is 2.65. The summed E-state index contributed by atoms with van der Waals surface area (Å²) in [5.74, 6) is 1.18. The fourth-order valence-electron chi connectivity index (χ4n) is 5.55. The zero-order valence-corrected chi connectivity index (χ0v) is 13.2. The summed E-state index contributed by atoms with van der Waals surface area (Å²) in [6.45, 7) is 0. The van der Waals surface area contributed by atoms with E-state index in [1.165, 1.54) is 22.1 Å². The minimum atomic E-state index is -0.423. The Bertz CT molecular complexity index is 998. The molecular formula is C20H18N2O2. The van der Waals surface area contributed by atoms with E-state index < -0.39 is 6.10 Å². The first-order valence-corrected chi connectivity index (χ1v) is 8.69. The van der Waals surface area contributed by atoms with Crippen LogP contribution in [0.1, 0.15) is 36.1 Å². The summed E-state index contributed by atoms with van der Waals surface area (Å²) in [4.78, 5) is 0. The summed E-state index contributed by atoms with van der Waals surface area (Å²) in [6, 6.07) is 8.21. The maximum Gasteiger partial charge on any atom is 0.132 e.